The highest BCUT2D eigenvalue weighted by molar-refractivity contribution is 5.75. The first-order valence-corrected chi connectivity index (χ1v) is 13.5. The van der Waals surface area contributed by atoms with Crippen LogP contribution in [-0.2, 0) is 11.3 Å². The molecule has 0 spiro atoms. The van der Waals surface area contributed by atoms with Crippen molar-refractivity contribution < 1.29 is 41.7 Å². The van der Waals surface area contributed by atoms with E-state index in [1.807, 2.05) is 0 Å². The molecule has 1 saturated heterocycles. The van der Waals surface area contributed by atoms with Gasteiger partial charge in [0.25, 0.3) is 0 Å². The Labute approximate surface area is 251 Å². The topological polar surface area (TPSA) is 145 Å². The van der Waals surface area contributed by atoms with Gasteiger partial charge in [-0.05, 0) is 53.6 Å². The van der Waals surface area contributed by atoms with Crippen LogP contribution in [0.25, 0.3) is 0 Å². The molecule has 0 bridgehead atoms. The lowest BCUT2D eigenvalue weighted by Gasteiger charge is -2.41. The van der Waals surface area contributed by atoms with Gasteiger partial charge in [-0.15, -0.1) is 0 Å². The average Bonchev–Trinajstić information content (AvgIpc) is 2.97. The fraction of sp³-hybridized carbons (Fsp3) is 0.429. The Morgan fingerprint density at radius 2 is 1.98 bits per heavy atom. The number of nitrogens with two attached hydrogens (primary N) is 1. The Hall–Kier alpha value is -4.60. The van der Waals surface area contributed by atoms with E-state index in [0.29, 0.717) is 33.9 Å². The highest BCUT2D eigenvalue weighted by Crippen LogP contribution is 2.37. The summed E-state index contributed by atoms with van der Waals surface area (Å²) in [6, 6.07) is 7.24. The molecule has 1 aliphatic heterocycles. The fourth-order valence-electron chi connectivity index (χ4n) is 4.92. The molecule has 4 N–H and O–H groups in total. The molecular formula is C28H35F4N7O5. The molecule has 0 saturated carbocycles. The SMILES string of the molecule is C=C(N(/N=N\N)c1ccc(OC)c(CN(C)C(=O)N2CC[C@H](OC(=O)NCCO)C[C@@H]2c2ccc(F)cc2C)c1)C(F)(F)F. The number of alkyl halides is 3. The summed E-state index contributed by atoms with van der Waals surface area (Å²) in [5, 5.41) is 18.1. The number of rotatable bonds is 10. The van der Waals surface area contributed by atoms with Gasteiger partial charge >= 0.3 is 18.3 Å². The molecule has 44 heavy (non-hydrogen) atoms. The zero-order valence-corrected chi connectivity index (χ0v) is 24.5. The number of likely N-dealkylation sites (tertiary alicyclic amines) is 1. The number of nitrogens with one attached hydrogen (secondary N) is 1. The van der Waals surface area contributed by atoms with Crippen LogP contribution in [0.3, 0.4) is 0 Å². The highest BCUT2D eigenvalue weighted by atomic mass is 19.4. The van der Waals surface area contributed by atoms with Crippen molar-refractivity contribution in [2.75, 3.05) is 38.9 Å². The summed E-state index contributed by atoms with van der Waals surface area (Å²) < 4.78 is 65.1. The summed E-state index contributed by atoms with van der Waals surface area (Å²) in [4.78, 5) is 28.9. The molecular weight excluding hydrogens is 590 g/mol. The van der Waals surface area contributed by atoms with Crippen molar-refractivity contribution >= 4 is 17.8 Å². The summed E-state index contributed by atoms with van der Waals surface area (Å²) in [5.74, 6) is 4.89. The van der Waals surface area contributed by atoms with Gasteiger partial charge in [-0.2, -0.15) is 13.2 Å². The van der Waals surface area contributed by atoms with Crippen LogP contribution >= 0.6 is 0 Å². The van der Waals surface area contributed by atoms with E-state index in [1.54, 1.807) is 17.9 Å². The van der Waals surface area contributed by atoms with Crippen LogP contribution in [0.2, 0.25) is 0 Å². The Kier molecular flexibility index (Phi) is 11.3. The van der Waals surface area contributed by atoms with E-state index >= 15 is 0 Å². The van der Waals surface area contributed by atoms with Crippen molar-refractivity contribution in [2.45, 2.75) is 44.6 Å². The monoisotopic (exact) mass is 625 g/mol. The molecule has 1 fully saturated rings. The van der Waals surface area contributed by atoms with Crippen molar-refractivity contribution in [2.24, 2.45) is 16.3 Å². The molecule has 0 radical (unpaired) electrons. The first-order valence-electron chi connectivity index (χ1n) is 13.5. The molecule has 12 nitrogen and oxygen atoms in total. The number of hydrogen-bond donors (Lipinski definition) is 3. The van der Waals surface area contributed by atoms with E-state index in [4.69, 9.17) is 20.4 Å². The number of alkyl carbamates (subject to hydrolysis) is 1. The number of nitrogens with zero attached hydrogens (tertiary/aromatic N) is 5. The molecule has 240 valence electrons. The molecule has 16 heteroatoms. The van der Waals surface area contributed by atoms with Gasteiger partial charge in [-0.1, -0.05) is 17.9 Å². The van der Waals surface area contributed by atoms with Gasteiger partial charge in [0, 0.05) is 38.5 Å². The Balaban J connectivity index is 1.90. The van der Waals surface area contributed by atoms with Crippen LogP contribution in [-0.4, -0.2) is 73.2 Å². The minimum atomic E-state index is -4.83. The quantitative estimate of drug-likeness (QED) is 0.150. The third kappa shape index (κ3) is 8.27. The third-order valence-corrected chi connectivity index (χ3v) is 7.01. The number of carbonyl (C=O) groups is 2. The second-order valence-electron chi connectivity index (χ2n) is 10.0. The van der Waals surface area contributed by atoms with Gasteiger partial charge in [-0.25, -0.2) is 19.0 Å². The molecule has 2 atom stereocenters. The molecule has 3 amide bonds. The summed E-state index contributed by atoms with van der Waals surface area (Å²) in [6.07, 6.45) is -5.59. The third-order valence-electron chi connectivity index (χ3n) is 7.01. The maximum atomic E-state index is 13.9. The number of halogens is 4. The van der Waals surface area contributed by atoms with E-state index in [9.17, 15) is 27.2 Å². The van der Waals surface area contributed by atoms with E-state index in [2.05, 4.69) is 22.3 Å². The first kappa shape index (κ1) is 33.9. The van der Waals surface area contributed by atoms with Crippen molar-refractivity contribution in [3.05, 3.63) is 71.2 Å². The van der Waals surface area contributed by atoms with Crippen LogP contribution in [0, 0.1) is 12.7 Å². The Morgan fingerprint density at radius 3 is 2.59 bits per heavy atom. The maximum Gasteiger partial charge on any atom is 0.432 e. The van der Waals surface area contributed by atoms with Gasteiger partial charge in [0.1, 0.15) is 23.4 Å². The fourth-order valence-corrected chi connectivity index (χ4v) is 4.92. The lowest BCUT2D eigenvalue weighted by Crippen LogP contribution is -2.49. The van der Waals surface area contributed by atoms with Gasteiger partial charge in [0.15, 0.2) is 0 Å². The molecule has 3 rings (SSSR count). The van der Waals surface area contributed by atoms with Crippen LogP contribution in [0.15, 0.2) is 59.1 Å². The number of allylic oxidation sites excluding steroid dienone is 1. The molecule has 1 heterocycles. The van der Waals surface area contributed by atoms with E-state index in [1.165, 1.54) is 49.4 Å². The molecule has 0 aliphatic carbocycles. The number of piperidine rings is 1. The van der Waals surface area contributed by atoms with Crippen molar-refractivity contribution in [1.29, 1.82) is 0 Å². The normalized spacial score (nSPS) is 16.9. The number of hydrogen-bond acceptors (Lipinski definition) is 7. The van der Waals surface area contributed by atoms with Gasteiger partial charge < -0.3 is 35.5 Å². The summed E-state index contributed by atoms with van der Waals surface area (Å²) >= 11 is 0. The Bertz CT molecular complexity index is 1370. The van der Waals surface area contributed by atoms with Crippen LogP contribution in [0.1, 0.15) is 35.6 Å². The number of methoxy groups -OCH3 is 1. The molecule has 2 aromatic rings. The summed E-state index contributed by atoms with van der Waals surface area (Å²) in [5.41, 5.74) is 0.191. The Morgan fingerprint density at radius 1 is 1.25 bits per heavy atom. The van der Waals surface area contributed by atoms with Crippen molar-refractivity contribution in [3.8, 4) is 5.75 Å². The number of anilines is 1. The predicted molar refractivity (Wildman–Crippen MR) is 152 cm³/mol. The number of aliphatic hydroxyl groups excluding tert-OH is 1. The minimum absolute atomic E-state index is 0.0171. The number of ether oxygens (including phenoxy) is 2. The smallest absolute Gasteiger partial charge is 0.432 e. The highest BCUT2D eigenvalue weighted by Gasteiger charge is 2.38. The van der Waals surface area contributed by atoms with E-state index < -0.39 is 42.0 Å². The number of aryl methyl sites for hydroxylation is 1. The molecule has 0 unspecified atom stereocenters. The molecule has 0 aromatic heterocycles. The summed E-state index contributed by atoms with van der Waals surface area (Å²) in [7, 11) is 2.89. The van der Waals surface area contributed by atoms with Crippen molar-refractivity contribution in [1.82, 2.24) is 15.1 Å². The first-order chi connectivity index (χ1) is 20.8. The zero-order valence-electron chi connectivity index (χ0n) is 24.5. The molecule has 1 aliphatic rings. The predicted octanol–water partition coefficient (Wildman–Crippen LogP) is 4.74. The number of benzene rings is 2. The summed E-state index contributed by atoms with van der Waals surface area (Å²) in [6.45, 7) is 4.61. The number of urea groups is 1. The van der Waals surface area contributed by atoms with Crippen LogP contribution in [0.4, 0.5) is 32.8 Å². The second-order valence-corrected chi connectivity index (χ2v) is 10.0. The number of aliphatic hydroxyl groups is 1. The standard InChI is InChI=1S/C28H35F4N7O5/c1-17-13-20(29)5-7-23(17)24-15-22(44-26(41)34-10-12-40)9-11-38(24)27(42)37(3)16-19-14-21(6-8-25(19)43-4)39(36-35-33)18(2)28(30,31)32/h5-8,13-14,22,24,40H,2,9-12,15-16H2,1,3-4H3,(H2,33,36)(H,34,41)/t22-,24+/m0/s1. The minimum Gasteiger partial charge on any atom is -0.496 e. The van der Waals surface area contributed by atoms with Crippen LogP contribution < -0.4 is 20.9 Å². The maximum absolute atomic E-state index is 13.9. The largest absolute Gasteiger partial charge is 0.496 e. The lowest BCUT2D eigenvalue weighted by molar-refractivity contribution is -0.0931. The van der Waals surface area contributed by atoms with Crippen molar-refractivity contribution in [3.63, 3.8) is 0 Å². The lowest BCUT2D eigenvalue weighted by atomic mass is 9.90. The van der Waals surface area contributed by atoms with Gasteiger partial charge in [-0.3, -0.25) is 0 Å². The van der Waals surface area contributed by atoms with E-state index in [-0.39, 0.29) is 38.3 Å². The van der Waals surface area contributed by atoms with Gasteiger partial charge in [0.05, 0.1) is 32.0 Å². The van der Waals surface area contributed by atoms with Gasteiger partial charge in [0.2, 0.25) is 0 Å². The average molecular weight is 626 g/mol. The van der Waals surface area contributed by atoms with E-state index in [0.717, 1.165) is 0 Å². The number of amides is 3. The molecule has 2 aromatic carbocycles. The zero-order chi connectivity index (χ0) is 32.6. The van der Waals surface area contributed by atoms with Crippen LogP contribution in [0.5, 0.6) is 5.75 Å². The number of carbonyl (C=O) groups excluding carboxylic acids is 2. The second kappa shape index (κ2) is 14.7.